The molecule has 0 spiro atoms. The van der Waals surface area contributed by atoms with Gasteiger partial charge in [0.15, 0.2) is 0 Å². The number of carbonyl (C=O) groups excluding carboxylic acids is 1. The lowest BCUT2D eigenvalue weighted by Crippen LogP contribution is -2.13. The molecule has 0 aliphatic heterocycles. The molecular formula is C20H17FN2O. The number of amides is 1. The summed E-state index contributed by atoms with van der Waals surface area (Å²) in [5.41, 5.74) is 3.72. The number of hydrogen-bond donors (Lipinski definition) is 2. The van der Waals surface area contributed by atoms with Crippen molar-refractivity contribution in [2.45, 2.75) is 6.92 Å². The van der Waals surface area contributed by atoms with Crippen LogP contribution in [0.2, 0.25) is 0 Å². The van der Waals surface area contributed by atoms with E-state index in [1.165, 1.54) is 17.7 Å². The summed E-state index contributed by atoms with van der Waals surface area (Å²) >= 11 is 0. The van der Waals surface area contributed by atoms with Crippen LogP contribution in [0.25, 0.3) is 0 Å². The standard InChI is InChI=1S/C20H17FN2O/c1-14-5-4-6-17(13-14)22-15-9-11-16(12-10-15)23-20(24)18-7-2-3-8-19(18)21/h2-13,22H,1H3,(H,23,24). The SMILES string of the molecule is Cc1cccc(Nc2ccc(NC(=O)c3ccccc3F)cc2)c1. The smallest absolute Gasteiger partial charge is 0.258 e. The summed E-state index contributed by atoms with van der Waals surface area (Å²) in [7, 11) is 0. The van der Waals surface area contributed by atoms with Crippen molar-refractivity contribution in [3.05, 3.63) is 89.7 Å². The number of carbonyl (C=O) groups is 1. The Morgan fingerprint density at radius 3 is 2.25 bits per heavy atom. The molecule has 0 aliphatic carbocycles. The summed E-state index contributed by atoms with van der Waals surface area (Å²) in [5, 5.41) is 5.99. The third kappa shape index (κ3) is 3.79. The van der Waals surface area contributed by atoms with E-state index in [0.717, 1.165) is 11.4 Å². The van der Waals surface area contributed by atoms with E-state index >= 15 is 0 Å². The number of rotatable bonds is 4. The average Bonchev–Trinajstić information content (AvgIpc) is 2.57. The second-order valence-corrected chi connectivity index (χ2v) is 5.51. The van der Waals surface area contributed by atoms with Crippen molar-refractivity contribution in [1.29, 1.82) is 0 Å². The van der Waals surface area contributed by atoms with Crippen molar-refractivity contribution in [2.75, 3.05) is 10.6 Å². The third-order valence-electron chi connectivity index (χ3n) is 3.57. The van der Waals surface area contributed by atoms with Gasteiger partial charge in [0, 0.05) is 17.1 Å². The second kappa shape index (κ2) is 6.96. The minimum atomic E-state index is -0.535. The number of nitrogens with one attached hydrogen (secondary N) is 2. The molecule has 3 aromatic carbocycles. The van der Waals surface area contributed by atoms with Crippen LogP contribution < -0.4 is 10.6 Å². The van der Waals surface area contributed by atoms with Crippen molar-refractivity contribution >= 4 is 23.0 Å². The van der Waals surface area contributed by atoms with Crippen LogP contribution in [0.5, 0.6) is 0 Å². The number of anilines is 3. The lowest BCUT2D eigenvalue weighted by atomic mass is 10.2. The maximum absolute atomic E-state index is 13.6. The van der Waals surface area contributed by atoms with Crippen molar-refractivity contribution < 1.29 is 9.18 Å². The van der Waals surface area contributed by atoms with Gasteiger partial charge in [0.1, 0.15) is 5.82 Å². The number of aryl methyl sites for hydroxylation is 1. The van der Waals surface area contributed by atoms with E-state index in [2.05, 4.69) is 10.6 Å². The molecule has 0 saturated heterocycles. The van der Waals surface area contributed by atoms with Gasteiger partial charge in [-0.05, 0) is 61.0 Å². The first-order chi connectivity index (χ1) is 11.6. The molecule has 0 atom stereocenters. The first-order valence-electron chi connectivity index (χ1n) is 7.61. The van der Waals surface area contributed by atoms with E-state index in [1.54, 1.807) is 24.3 Å². The quantitative estimate of drug-likeness (QED) is 0.699. The fraction of sp³-hybridized carbons (Fsp3) is 0.0500. The normalized spacial score (nSPS) is 10.2. The van der Waals surface area contributed by atoms with E-state index in [4.69, 9.17) is 0 Å². The third-order valence-corrected chi connectivity index (χ3v) is 3.57. The van der Waals surface area contributed by atoms with Crippen LogP contribution >= 0.6 is 0 Å². The highest BCUT2D eigenvalue weighted by atomic mass is 19.1. The second-order valence-electron chi connectivity index (χ2n) is 5.51. The van der Waals surface area contributed by atoms with Crippen LogP contribution in [0.4, 0.5) is 21.5 Å². The van der Waals surface area contributed by atoms with Gasteiger partial charge in [0.25, 0.3) is 5.91 Å². The number of hydrogen-bond acceptors (Lipinski definition) is 2. The average molecular weight is 320 g/mol. The lowest BCUT2D eigenvalue weighted by molar-refractivity contribution is 0.102. The lowest BCUT2D eigenvalue weighted by Gasteiger charge is -2.09. The highest BCUT2D eigenvalue weighted by Gasteiger charge is 2.10. The van der Waals surface area contributed by atoms with Gasteiger partial charge in [0.05, 0.1) is 5.56 Å². The van der Waals surface area contributed by atoms with Crippen molar-refractivity contribution in [3.8, 4) is 0 Å². The molecule has 3 aromatic rings. The maximum atomic E-state index is 13.6. The molecule has 0 aliphatic rings. The Morgan fingerprint density at radius 1 is 0.833 bits per heavy atom. The summed E-state index contributed by atoms with van der Waals surface area (Å²) in [6.45, 7) is 2.03. The maximum Gasteiger partial charge on any atom is 0.258 e. The largest absolute Gasteiger partial charge is 0.356 e. The Hall–Kier alpha value is -3.14. The highest BCUT2D eigenvalue weighted by molar-refractivity contribution is 6.04. The van der Waals surface area contributed by atoms with Crippen molar-refractivity contribution in [3.63, 3.8) is 0 Å². The molecule has 120 valence electrons. The molecule has 2 N–H and O–H groups in total. The summed E-state index contributed by atoms with van der Waals surface area (Å²) in [6.07, 6.45) is 0. The van der Waals surface area contributed by atoms with Gasteiger partial charge in [-0.15, -0.1) is 0 Å². The molecule has 3 rings (SSSR count). The molecule has 0 heterocycles. The first kappa shape index (κ1) is 15.7. The molecule has 4 heteroatoms. The topological polar surface area (TPSA) is 41.1 Å². The predicted octanol–water partition coefficient (Wildman–Crippen LogP) is 5.13. The van der Waals surface area contributed by atoms with Crippen LogP contribution in [-0.4, -0.2) is 5.91 Å². The van der Waals surface area contributed by atoms with Gasteiger partial charge < -0.3 is 10.6 Å². The molecule has 0 fully saturated rings. The van der Waals surface area contributed by atoms with Gasteiger partial charge >= 0.3 is 0 Å². The fourth-order valence-electron chi connectivity index (χ4n) is 2.37. The summed E-state index contributed by atoms with van der Waals surface area (Å²) in [5.74, 6) is -1.000. The summed E-state index contributed by atoms with van der Waals surface area (Å²) in [4.78, 5) is 12.1. The van der Waals surface area contributed by atoms with Crippen LogP contribution in [0.3, 0.4) is 0 Å². The van der Waals surface area contributed by atoms with E-state index in [-0.39, 0.29) is 5.56 Å². The Bertz CT molecular complexity index is 860. The molecular weight excluding hydrogens is 303 g/mol. The number of benzene rings is 3. The van der Waals surface area contributed by atoms with Crippen molar-refractivity contribution in [2.24, 2.45) is 0 Å². The zero-order valence-electron chi connectivity index (χ0n) is 13.2. The molecule has 0 radical (unpaired) electrons. The van der Waals surface area contributed by atoms with Gasteiger partial charge in [-0.25, -0.2) is 4.39 Å². The van der Waals surface area contributed by atoms with Crippen LogP contribution in [0.1, 0.15) is 15.9 Å². The van der Waals surface area contributed by atoms with Crippen molar-refractivity contribution in [1.82, 2.24) is 0 Å². The molecule has 3 nitrogen and oxygen atoms in total. The van der Waals surface area contributed by atoms with Crippen LogP contribution in [0.15, 0.2) is 72.8 Å². The van der Waals surface area contributed by atoms with E-state index < -0.39 is 11.7 Å². The Balaban J connectivity index is 1.68. The summed E-state index contributed by atoms with van der Waals surface area (Å²) < 4.78 is 13.6. The molecule has 0 unspecified atom stereocenters. The first-order valence-corrected chi connectivity index (χ1v) is 7.61. The van der Waals surface area contributed by atoms with E-state index in [1.807, 2.05) is 43.3 Å². The monoisotopic (exact) mass is 320 g/mol. The molecule has 24 heavy (non-hydrogen) atoms. The van der Waals surface area contributed by atoms with E-state index in [0.29, 0.717) is 5.69 Å². The zero-order chi connectivity index (χ0) is 16.9. The van der Waals surface area contributed by atoms with Crippen LogP contribution in [-0.2, 0) is 0 Å². The predicted molar refractivity (Wildman–Crippen MR) is 95.3 cm³/mol. The van der Waals surface area contributed by atoms with Gasteiger partial charge in [-0.2, -0.15) is 0 Å². The van der Waals surface area contributed by atoms with Gasteiger partial charge in [-0.3, -0.25) is 4.79 Å². The van der Waals surface area contributed by atoms with Gasteiger partial charge in [0.2, 0.25) is 0 Å². The Kier molecular flexibility index (Phi) is 4.57. The molecule has 0 bridgehead atoms. The minimum absolute atomic E-state index is 0.0273. The zero-order valence-corrected chi connectivity index (χ0v) is 13.2. The summed E-state index contributed by atoms with van der Waals surface area (Å²) in [6, 6.07) is 21.2. The van der Waals surface area contributed by atoms with E-state index in [9.17, 15) is 9.18 Å². The Morgan fingerprint density at radius 2 is 1.54 bits per heavy atom. The minimum Gasteiger partial charge on any atom is -0.356 e. The van der Waals surface area contributed by atoms with Gasteiger partial charge in [-0.1, -0.05) is 24.3 Å². The molecule has 1 amide bonds. The highest BCUT2D eigenvalue weighted by Crippen LogP contribution is 2.20. The molecule has 0 saturated carbocycles. The fourth-order valence-corrected chi connectivity index (χ4v) is 2.37. The van der Waals surface area contributed by atoms with Crippen LogP contribution in [0, 0.1) is 12.7 Å². The Labute approximate surface area is 140 Å². The number of halogens is 1. The molecule has 0 aromatic heterocycles.